The van der Waals surface area contributed by atoms with Crippen molar-refractivity contribution in [2.45, 2.75) is 0 Å². The second-order valence-corrected chi connectivity index (χ2v) is 5.18. The summed E-state index contributed by atoms with van der Waals surface area (Å²) in [5.74, 6) is -1.21. The van der Waals surface area contributed by atoms with E-state index in [0.717, 1.165) is 43.5 Å². The Balaban J connectivity index is 2.29. The number of quaternary nitrogens is 1. The monoisotopic (exact) mass is 280 g/mol. The maximum Gasteiger partial charge on any atom is 0.0947 e. The fourth-order valence-electron chi connectivity index (χ4n) is 2.25. The lowest BCUT2D eigenvalue weighted by Gasteiger charge is -2.33. The van der Waals surface area contributed by atoms with Gasteiger partial charge in [-0.1, -0.05) is 17.7 Å². The lowest BCUT2D eigenvalue weighted by Crippen LogP contribution is -3.12. The third kappa shape index (κ3) is 3.49. The summed E-state index contributed by atoms with van der Waals surface area (Å²) in [7, 11) is 2.17. The summed E-state index contributed by atoms with van der Waals surface area (Å²) >= 11 is 6.16. The number of piperazine rings is 1. The van der Waals surface area contributed by atoms with Crippen molar-refractivity contribution >= 4 is 29.3 Å². The first kappa shape index (κ1) is 13.9. The SMILES string of the molecule is C[NH+]1CCN(c2cccc(Cl)c2/C=C/C(=O)[O-])CC1. The molecule has 0 atom stereocenters. The number of carbonyl (C=O) groups excluding carboxylic acids is 1. The Morgan fingerprint density at radius 3 is 2.74 bits per heavy atom. The molecule has 1 N–H and O–H groups in total. The van der Waals surface area contributed by atoms with Crippen LogP contribution in [0.2, 0.25) is 5.02 Å². The molecule has 1 aliphatic heterocycles. The number of carboxylic acid groups (broad SMARTS) is 1. The van der Waals surface area contributed by atoms with Crippen LogP contribution in [0.5, 0.6) is 0 Å². The number of carboxylic acids is 1. The highest BCUT2D eigenvalue weighted by molar-refractivity contribution is 6.32. The van der Waals surface area contributed by atoms with Gasteiger partial charge >= 0.3 is 0 Å². The van der Waals surface area contributed by atoms with Crippen LogP contribution in [0.25, 0.3) is 6.08 Å². The average molecular weight is 281 g/mol. The molecule has 0 radical (unpaired) electrons. The van der Waals surface area contributed by atoms with Crippen molar-refractivity contribution in [1.29, 1.82) is 0 Å². The van der Waals surface area contributed by atoms with E-state index in [1.807, 2.05) is 12.1 Å². The van der Waals surface area contributed by atoms with Crippen molar-refractivity contribution in [3.8, 4) is 0 Å². The molecule has 19 heavy (non-hydrogen) atoms. The first-order valence-electron chi connectivity index (χ1n) is 6.32. The third-order valence-corrected chi connectivity index (χ3v) is 3.70. The van der Waals surface area contributed by atoms with E-state index < -0.39 is 5.97 Å². The Bertz CT molecular complexity index is 494. The minimum absolute atomic E-state index is 0.557. The molecule has 0 aliphatic carbocycles. The molecular weight excluding hydrogens is 264 g/mol. The Hall–Kier alpha value is -1.52. The number of rotatable bonds is 3. The topological polar surface area (TPSA) is 47.8 Å². The van der Waals surface area contributed by atoms with E-state index in [4.69, 9.17) is 11.6 Å². The lowest BCUT2D eigenvalue weighted by atomic mass is 10.1. The van der Waals surface area contributed by atoms with E-state index in [2.05, 4.69) is 11.9 Å². The molecule has 1 aromatic rings. The summed E-state index contributed by atoms with van der Waals surface area (Å²) in [4.78, 5) is 14.3. The first-order chi connectivity index (χ1) is 9.08. The molecule has 0 bridgehead atoms. The maximum absolute atomic E-state index is 10.6. The fourth-order valence-corrected chi connectivity index (χ4v) is 2.48. The van der Waals surface area contributed by atoms with Crippen molar-refractivity contribution in [2.75, 3.05) is 38.1 Å². The molecule has 2 rings (SSSR count). The molecule has 0 saturated carbocycles. The molecule has 4 nitrogen and oxygen atoms in total. The predicted octanol–water partition coefficient (Wildman–Crippen LogP) is -0.562. The number of hydrogen-bond acceptors (Lipinski definition) is 3. The summed E-state index contributed by atoms with van der Waals surface area (Å²) in [5.41, 5.74) is 1.73. The molecule has 1 aromatic carbocycles. The molecule has 0 amide bonds. The predicted molar refractivity (Wildman–Crippen MR) is 74.3 cm³/mol. The lowest BCUT2D eigenvalue weighted by molar-refractivity contribution is -0.880. The van der Waals surface area contributed by atoms with Gasteiger partial charge in [0.05, 0.1) is 39.2 Å². The van der Waals surface area contributed by atoms with Gasteiger partial charge in [0.2, 0.25) is 0 Å². The quantitative estimate of drug-likeness (QED) is 0.755. The van der Waals surface area contributed by atoms with Gasteiger partial charge in [0, 0.05) is 16.3 Å². The third-order valence-electron chi connectivity index (χ3n) is 3.37. The molecule has 1 aliphatic rings. The van der Waals surface area contributed by atoms with Gasteiger partial charge in [-0.05, 0) is 24.3 Å². The van der Waals surface area contributed by atoms with Gasteiger partial charge in [0.1, 0.15) is 0 Å². The average Bonchev–Trinajstić information content (AvgIpc) is 2.38. The number of likely N-dealkylation sites (N-methyl/N-ethyl adjacent to an activating group) is 1. The van der Waals surface area contributed by atoms with Crippen LogP contribution in [0.3, 0.4) is 0 Å². The fraction of sp³-hybridized carbons (Fsp3) is 0.357. The smallest absolute Gasteiger partial charge is 0.0947 e. The van der Waals surface area contributed by atoms with Crippen LogP contribution in [-0.2, 0) is 4.79 Å². The van der Waals surface area contributed by atoms with E-state index in [9.17, 15) is 9.90 Å². The van der Waals surface area contributed by atoms with E-state index in [0.29, 0.717) is 5.02 Å². The van der Waals surface area contributed by atoms with Crippen molar-refractivity contribution in [1.82, 2.24) is 0 Å². The summed E-state index contributed by atoms with van der Waals surface area (Å²) in [6, 6.07) is 5.63. The molecule has 1 saturated heterocycles. The molecule has 0 unspecified atom stereocenters. The van der Waals surface area contributed by atoms with Crippen LogP contribution < -0.4 is 14.9 Å². The second-order valence-electron chi connectivity index (χ2n) is 4.77. The van der Waals surface area contributed by atoms with Gasteiger partial charge < -0.3 is 19.7 Å². The van der Waals surface area contributed by atoms with Crippen molar-refractivity contribution in [3.05, 3.63) is 34.9 Å². The molecule has 102 valence electrons. The zero-order valence-electron chi connectivity index (χ0n) is 10.9. The highest BCUT2D eigenvalue weighted by Gasteiger charge is 2.19. The highest BCUT2D eigenvalue weighted by atomic mass is 35.5. The van der Waals surface area contributed by atoms with Gasteiger partial charge in [-0.3, -0.25) is 0 Å². The van der Waals surface area contributed by atoms with Crippen LogP contribution >= 0.6 is 11.6 Å². The normalized spacial score (nSPS) is 17.1. The molecule has 1 heterocycles. The number of benzene rings is 1. The number of halogens is 1. The summed E-state index contributed by atoms with van der Waals surface area (Å²) in [6.07, 6.45) is 2.53. The molecule has 5 heteroatoms. The van der Waals surface area contributed by atoms with E-state index >= 15 is 0 Å². The van der Waals surface area contributed by atoms with E-state index in [-0.39, 0.29) is 0 Å². The summed E-state index contributed by atoms with van der Waals surface area (Å²) < 4.78 is 0. The largest absolute Gasteiger partial charge is 0.545 e. The molecule has 0 aromatic heterocycles. The summed E-state index contributed by atoms with van der Waals surface area (Å²) in [6.45, 7) is 4.02. The number of aliphatic carboxylic acids is 1. The zero-order valence-corrected chi connectivity index (χ0v) is 11.6. The molecule has 1 fully saturated rings. The van der Waals surface area contributed by atoms with Crippen LogP contribution in [0.1, 0.15) is 5.56 Å². The minimum Gasteiger partial charge on any atom is -0.545 e. The van der Waals surface area contributed by atoms with Gasteiger partial charge in [0.15, 0.2) is 0 Å². The maximum atomic E-state index is 10.6. The minimum atomic E-state index is -1.21. The van der Waals surface area contributed by atoms with Gasteiger partial charge in [-0.15, -0.1) is 0 Å². The van der Waals surface area contributed by atoms with Gasteiger partial charge in [0.25, 0.3) is 0 Å². The van der Waals surface area contributed by atoms with E-state index in [1.165, 1.54) is 11.0 Å². The Morgan fingerprint density at radius 2 is 2.11 bits per heavy atom. The van der Waals surface area contributed by atoms with Crippen LogP contribution in [-0.4, -0.2) is 39.2 Å². The van der Waals surface area contributed by atoms with Crippen molar-refractivity contribution in [3.63, 3.8) is 0 Å². The summed E-state index contributed by atoms with van der Waals surface area (Å²) in [5, 5.41) is 11.1. The van der Waals surface area contributed by atoms with Gasteiger partial charge in [-0.25, -0.2) is 0 Å². The van der Waals surface area contributed by atoms with Crippen molar-refractivity contribution in [2.24, 2.45) is 0 Å². The number of anilines is 1. The Kier molecular flexibility index (Phi) is 4.45. The van der Waals surface area contributed by atoms with Crippen LogP contribution in [0, 0.1) is 0 Å². The molecule has 0 spiro atoms. The van der Waals surface area contributed by atoms with Crippen LogP contribution in [0.15, 0.2) is 24.3 Å². The van der Waals surface area contributed by atoms with Gasteiger partial charge in [-0.2, -0.15) is 0 Å². The van der Waals surface area contributed by atoms with Crippen LogP contribution in [0.4, 0.5) is 5.69 Å². The Morgan fingerprint density at radius 1 is 1.42 bits per heavy atom. The molecular formula is C14H17ClN2O2. The first-order valence-corrected chi connectivity index (χ1v) is 6.69. The number of carbonyl (C=O) groups is 1. The second kappa shape index (κ2) is 6.08. The number of hydrogen-bond donors (Lipinski definition) is 1. The highest BCUT2D eigenvalue weighted by Crippen LogP contribution is 2.28. The number of nitrogens with zero attached hydrogens (tertiary/aromatic N) is 1. The Labute approximate surface area is 117 Å². The standard InChI is InChI=1S/C14H17ClN2O2/c1-16-7-9-17(10-8-16)13-4-2-3-12(15)11(13)5-6-14(18)19/h2-6H,7-10H2,1H3,(H,18,19)/b6-5+. The zero-order chi connectivity index (χ0) is 13.8. The van der Waals surface area contributed by atoms with E-state index in [1.54, 1.807) is 6.07 Å². The number of nitrogens with one attached hydrogen (secondary N) is 1. The van der Waals surface area contributed by atoms with Crippen molar-refractivity contribution < 1.29 is 14.8 Å².